The predicted molar refractivity (Wildman–Crippen MR) is 56.8 cm³/mol. The molecule has 0 fully saturated rings. The minimum Gasteiger partial charge on any atom is -0.364 e. The van der Waals surface area contributed by atoms with Gasteiger partial charge in [0.2, 0.25) is 0 Å². The lowest BCUT2D eigenvalue weighted by molar-refractivity contribution is 0.135. The maximum Gasteiger partial charge on any atom is 0.122 e. The second kappa shape index (κ2) is 3.82. The van der Waals surface area contributed by atoms with E-state index in [2.05, 4.69) is 28.8 Å². The molecule has 0 aliphatic heterocycles. The Morgan fingerprint density at radius 2 is 2.21 bits per heavy atom. The van der Waals surface area contributed by atoms with Gasteiger partial charge in [-0.1, -0.05) is 12.1 Å². The van der Waals surface area contributed by atoms with Crippen molar-refractivity contribution in [3.63, 3.8) is 0 Å². The molecule has 14 heavy (non-hydrogen) atoms. The first-order chi connectivity index (χ1) is 6.85. The van der Waals surface area contributed by atoms with Gasteiger partial charge in [-0.3, -0.25) is 0 Å². The van der Waals surface area contributed by atoms with Gasteiger partial charge < -0.3 is 15.0 Å². The van der Waals surface area contributed by atoms with Crippen LogP contribution >= 0.6 is 0 Å². The first-order valence-corrected chi connectivity index (χ1v) is 4.62. The summed E-state index contributed by atoms with van der Waals surface area (Å²) in [4.78, 5) is 0. The Hall–Kier alpha value is -1.32. The van der Waals surface area contributed by atoms with Crippen LogP contribution in [0.3, 0.4) is 0 Å². The van der Waals surface area contributed by atoms with Gasteiger partial charge in [-0.25, -0.2) is 0 Å². The van der Waals surface area contributed by atoms with E-state index >= 15 is 0 Å². The number of rotatable bonds is 3. The third-order valence-corrected chi connectivity index (χ3v) is 2.34. The summed E-state index contributed by atoms with van der Waals surface area (Å²) in [6.45, 7) is 1.16. The summed E-state index contributed by atoms with van der Waals surface area (Å²) in [6.07, 6.45) is 2.02. The second-order valence-electron chi connectivity index (χ2n) is 3.30. The van der Waals surface area contributed by atoms with E-state index in [1.54, 1.807) is 7.11 Å². The Kier molecular flexibility index (Phi) is 2.52. The summed E-state index contributed by atoms with van der Waals surface area (Å²) in [5, 5.41) is 1.22. The van der Waals surface area contributed by atoms with Crippen LogP contribution in [0.25, 0.3) is 10.9 Å². The van der Waals surface area contributed by atoms with E-state index in [4.69, 9.17) is 10.5 Å². The highest BCUT2D eigenvalue weighted by atomic mass is 16.5. The molecule has 0 radical (unpaired) electrons. The summed E-state index contributed by atoms with van der Waals surface area (Å²) >= 11 is 0. The number of hydrogen-bond acceptors (Lipinski definition) is 2. The van der Waals surface area contributed by atoms with Gasteiger partial charge in [0, 0.05) is 19.9 Å². The summed E-state index contributed by atoms with van der Waals surface area (Å²) < 4.78 is 7.16. The Morgan fingerprint density at radius 1 is 1.36 bits per heavy atom. The molecular weight excluding hydrogens is 176 g/mol. The van der Waals surface area contributed by atoms with Crippen LogP contribution in [0.5, 0.6) is 0 Å². The third kappa shape index (κ3) is 1.52. The molecule has 3 heteroatoms. The molecule has 0 aliphatic rings. The molecule has 1 heterocycles. The van der Waals surface area contributed by atoms with Crippen molar-refractivity contribution in [2.75, 3.05) is 7.11 Å². The number of aromatic nitrogens is 1. The zero-order chi connectivity index (χ0) is 9.97. The Labute approximate surface area is 83.1 Å². The summed E-state index contributed by atoms with van der Waals surface area (Å²) in [5.41, 5.74) is 7.92. The lowest BCUT2D eigenvalue weighted by atomic mass is 10.2. The van der Waals surface area contributed by atoms with Crippen molar-refractivity contribution in [1.82, 2.24) is 4.57 Å². The molecule has 74 valence electrons. The molecule has 0 aliphatic carbocycles. The molecule has 0 saturated heterocycles. The van der Waals surface area contributed by atoms with Gasteiger partial charge in [-0.2, -0.15) is 0 Å². The number of hydrogen-bond donors (Lipinski definition) is 1. The van der Waals surface area contributed by atoms with E-state index in [0.29, 0.717) is 13.3 Å². The lowest BCUT2D eigenvalue weighted by Crippen LogP contribution is -1.99. The first kappa shape index (κ1) is 9.24. The monoisotopic (exact) mass is 190 g/mol. The number of methoxy groups -OCH3 is 1. The minimum absolute atomic E-state index is 0.577. The second-order valence-corrected chi connectivity index (χ2v) is 3.30. The van der Waals surface area contributed by atoms with E-state index in [1.165, 1.54) is 10.9 Å². The fraction of sp³-hybridized carbons (Fsp3) is 0.273. The molecule has 0 spiro atoms. The van der Waals surface area contributed by atoms with E-state index in [0.717, 1.165) is 5.56 Å². The normalized spacial score (nSPS) is 11.0. The Morgan fingerprint density at radius 3 is 2.93 bits per heavy atom. The highest BCUT2D eigenvalue weighted by Crippen LogP contribution is 2.17. The summed E-state index contributed by atoms with van der Waals surface area (Å²) in [7, 11) is 1.69. The fourth-order valence-corrected chi connectivity index (χ4v) is 1.61. The number of nitrogens with zero attached hydrogens (tertiary/aromatic N) is 1. The van der Waals surface area contributed by atoms with Crippen LogP contribution in [-0.2, 0) is 18.0 Å². The van der Waals surface area contributed by atoms with Gasteiger partial charge in [0.25, 0.3) is 0 Å². The van der Waals surface area contributed by atoms with Crippen LogP contribution in [0.15, 0.2) is 30.5 Å². The van der Waals surface area contributed by atoms with Gasteiger partial charge >= 0.3 is 0 Å². The van der Waals surface area contributed by atoms with Crippen LogP contribution in [0, 0.1) is 0 Å². The van der Waals surface area contributed by atoms with Crippen molar-refractivity contribution in [2.24, 2.45) is 5.73 Å². The van der Waals surface area contributed by atoms with Crippen molar-refractivity contribution < 1.29 is 4.74 Å². The molecular formula is C11H14N2O. The number of ether oxygens (including phenoxy) is 1. The third-order valence-electron chi connectivity index (χ3n) is 2.34. The smallest absolute Gasteiger partial charge is 0.122 e. The Bertz CT molecular complexity index is 434. The number of nitrogens with two attached hydrogens (primary N) is 1. The SMILES string of the molecule is COCn1ccc2ccc(CN)cc21. The highest BCUT2D eigenvalue weighted by molar-refractivity contribution is 5.80. The zero-order valence-corrected chi connectivity index (χ0v) is 8.23. The average Bonchev–Trinajstić information content (AvgIpc) is 2.61. The number of fused-ring (bicyclic) bond motifs is 1. The van der Waals surface area contributed by atoms with Gasteiger partial charge in [0.1, 0.15) is 6.73 Å². The molecule has 1 aromatic carbocycles. The largest absolute Gasteiger partial charge is 0.364 e. The quantitative estimate of drug-likeness (QED) is 0.800. The fourth-order valence-electron chi connectivity index (χ4n) is 1.61. The Balaban J connectivity index is 2.52. The molecule has 2 rings (SSSR count). The molecule has 3 nitrogen and oxygen atoms in total. The molecule has 0 bridgehead atoms. The average molecular weight is 190 g/mol. The summed E-state index contributed by atoms with van der Waals surface area (Å²) in [6, 6.07) is 8.33. The van der Waals surface area contributed by atoms with Crippen molar-refractivity contribution in [3.8, 4) is 0 Å². The maximum absolute atomic E-state index is 5.59. The van der Waals surface area contributed by atoms with E-state index in [-0.39, 0.29) is 0 Å². The van der Waals surface area contributed by atoms with Gasteiger partial charge in [0.05, 0.1) is 5.52 Å². The number of benzene rings is 1. The van der Waals surface area contributed by atoms with E-state index in [9.17, 15) is 0 Å². The van der Waals surface area contributed by atoms with Gasteiger partial charge in [-0.05, 0) is 23.1 Å². The lowest BCUT2D eigenvalue weighted by Gasteiger charge is -2.04. The first-order valence-electron chi connectivity index (χ1n) is 4.62. The molecule has 1 aromatic heterocycles. The van der Waals surface area contributed by atoms with Crippen molar-refractivity contribution >= 4 is 10.9 Å². The minimum atomic E-state index is 0.577. The zero-order valence-electron chi connectivity index (χ0n) is 8.23. The predicted octanol–water partition coefficient (Wildman–Crippen LogP) is 1.70. The van der Waals surface area contributed by atoms with Crippen LogP contribution in [-0.4, -0.2) is 11.7 Å². The van der Waals surface area contributed by atoms with Crippen molar-refractivity contribution in [1.29, 1.82) is 0 Å². The van der Waals surface area contributed by atoms with E-state index < -0.39 is 0 Å². The molecule has 0 amide bonds. The van der Waals surface area contributed by atoms with Crippen molar-refractivity contribution in [3.05, 3.63) is 36.0 Å². The van der Waals surface area contributed by atoms with E-state index in [1.807, 2.05) is 6.20 Å². The molecule has 2 N–H and O–H groups in total. The summed E-state index contributed by atoms with van der Waals surface area (Å²) in [5.74, 6) is 0. The molecule has 0 unspecified atom stereocenters. The van der Waals surface area contributed by atoms with Gasteiger partial charge in [0.15, 0.2) is 0 Å². The van der Waals surface area contributed by atoms with Crippen LogP contribution in [0.4, 0.5) is 0 Å². The standard InChI is InChI=1S/C11H14N2O/c1-14-8-13-5-4-10-3-2-9(7-12)6-11(10)13/h2-6H,7-8,12H2,1H3. The molecule has 2 aromatic rings. The van der Waals surface area contributed by atoms with Gasteiger partial charge in [-0.15, -0.1) is 0 Å². The molecule has 0 atom stereocenters. The topological polar surface area (TPSA) is 40.2 Å². The van der Waals surface area contributed by atoms with Crippen molar-refractivity contribution in [2.45, 2.75) is 13.3 Å². The van der Waals surface area contributed by atoms with Crippen LogP contribution < -0.4 is 5.73 Å². The maximum atomic E-state index is 5.59. The van der Waals surface area contributed by atoms with Crippen LogP contribution in [0.1, 0.15) is 5.56 Å². The van der Waals surface area contributed by atoms with Crippen LogP contribution in [0.2, 0.25) is 0 Å². The molecule has 0 saturated carbocycles. The highest BCUT2D eigenvalue weighted by Gasteiger charge is 2.00.